The van der Waals surface area contributed by atoms with Gasteiger partial charge in [-0.2, -0.15) is 8.78 Å². The first-order valence-corrected chi connectivity index (χ1v) is 7.18. The van der Waals surface area contributed by atoms with E-state index in [4.69, 9.17) is 5.11 Å². The van der Waals surface area contributed by atoms with Crippen LogP contribution in [0.15, 0.2) is 18.2 Å². The molecule has 0 aromatic heterocycles. The lowest BCUT2D eigenvalue weighted by atomic mass is 9.99. The summed E-state index contributed by atoms with van der Waals surface area (Å²) in [5.41, 5.74) is 0.721. The number of hydrogen-bond donors (Lipinski definition) is 1. The van der Waals surface area contributed by atoms with Gasteiger partial charge in [-0.1, -0.05) is 12.5 Å². The molecular weight excluding hydrogens is 283 g/mol. The summed E-state index contributed by atoms with van der Waals surface area (Å²) in [5, 5.41) is 9.09. The molecule has 1 aliphatic rings. The molecule has 1 aliphatic heterocycles. The third-order valence-electron chi connectivity index (χ3n) is 3.81. The van der Waals surface area contributed by atoms with E-state index in [0.717, 1.165) is 31.4 Å². The van der Waals surface area contributed by atoms with Gasteiger partial charge in [-0.3, -0.25) is 4.90 Å². The molecule has 1 saturated heterocycles. The highest BCUT2D eigenvalue weighted by Crippen LogP contribution is 2.25. The van der Waals surface area contributed by atoms with Gasteiger partial charge in [-0.15, -0.1) is 0 Å². The van der Waals surface area contributed by atoms with Crippen LogP contribution in [0.25, 0.3) is 0 Å². The lowest BCUT2D eigenvalue weighted by Crippen LogP contribution is -2.39. The van der Waals surface area contributed by atoms with Crippen molar-refractivity contribution in [2.45, 2.75) is 44.9 Å². The molecule has 21 heavy (non-hydrogen) atoms. The van der Waals surface area contributed by atoms with Gasteiger partial charge in [0.2, 0.25) is 0 Å². The summed E-state index contributed by atoms with van der Waals surface area (Å²) in [6.07, 6.45) is 3.94. The Morgan fingerprint density at radius 3 is 2.81 bits per heavy atom. The number of benzene rings is 1. The highest BCUT2D eigenvalue weighted by atomic mass is 19.3. The summed E-state index contributed by atoms with van der Waals surface area (Å²) in [5.74, 6) is -1.21. The van der Waals surface area contributed by atoms with Crippen molar-refractivity contribution in [2.24, 2.45) is 0 Å². The first-order chi connectivity index (χ1) is 10.1. The summed E-state index contributed by atoms with van der Waals surface area (Å²) < 4.78 is 42.0. The highest BCUT2D eigenvalue weighted by molar-refractivity contribution is 5.29. The molecular formula is C15H20F3NO2. The van der Waals surface area contributed by atoms with Crippen LogP contribution >= 0.6 is 0 Å². The van der Waals surface area contributed by atoms with Gasteiger partial charge < -0.3 is 9.84 Å². The van der Waals surface area contributed by atoms with Gasteiger partial charge in [0.25, 0.3) is 0 Å². The van der Waals surface area contributed by atoms with Crippen molar-refractivity contribution in [1.82, 2.24) is 4.90 Å². The summed E-state index contributed by atoms with van der Waals surface area (Å²) in [6.45, 7) is -1.43. The smallest absolute Gasteiger partial charge is 0.387 e. The Kier molecular flexibility index (Phi) is 5.87. The van der Waals surface area contributed by atoms with Gasteiger partial charge in [-0.05, 0) is 43.5 Å². The number of nitrogens with zero attached hydrogens (tertiary/aromatic N) is 1. The predicted octanol–water partition coefficient (Wildman–Crippen LogP) is 3.16. The van der Waals surface area contributed by atoms with E-state index in [1.807, 2.05) is 0 Å². The fourth-order valence-electron chi connectivity index (χ4n) is 2.81. The van der Waals surface area contributed by atoms with Gasteiger partial charge in [0.05, 0.1) is 0 Å². The second-order valence-corrected chi connectivity index (χ2v) is 5.28. The van der Waals surface area contributed by atoms with Crippen LogP contribution < -0.4 is 4.74 Å². The minimum atomic E-state index is -3.03. The Balaban J connectivity index is 2.02. The lowest BCUT2D eigenvalue weighted by Gasteiger charge is -2.35. The SMILES string of the molecule is OCCC1CCCCN1Cc1ccc(OC(F)F)c(F)c1. The molecule has 0 bridgehead atoms. The molecule has 6 heteroatoms. The molecule has 1 N–H and O–H groups in total. The summed E-state index contributed by atoms with van der Waals surface area (Å²) in [4.78, 5) is 2.21. The molecule has 3 nitrogen and oxygen atoms in total. The molecule has 0 saturated carbocycles. The molecule has 1 atom stereocenters. The topological polar surface area (TPSA) is 32.7 Å². The molecule has 0 aliphatic carbocycles. The maximum Gasteiger partial charge on any atom is 0.387 e. The number of aliphatic hydroxyl groups excluding tert-OH is 1. The maximum atomic E-state index is 13.7. The van der Waals surface area contributed by atoms with Crippen molar-refractivity contribution in [3.63, 3.8) is 0 Å². The van der Waals surface area contributed by atoms with Gasteiger partial charge >= 0.3 is 6.61 Å². The average Bonchev–Trinajstić information content (AvgIpc) is 2.44. The number of hydrogen-bond acceptors (Lipinski definition) is 3. The minimum absolute atomic E-state index is 0.136. The zero-order chi connectivity index (χ0) is 15.2. The number of ether oxygens (including phenoxy) is 1. The number of aliphatic hydroxyl groups is 1. The molecule has 0 amide bonds. The minimum Gasteiger partial charge on any atom is -0.432 e. The van der Waals surface area contributed by atoms with Crippen molar-refractivity contribution in [1.29, 1.82) is 0 Å². The number of alkyl halides is 2. The van der Waals surface area contributed by atoms with Crippen LogP contribution in [0.3, 0.4) is 0 Å². The molecule has 1 heterocycles. The van der Waals surface area contributed by atoms with E-state index >= 15 is 0 Å². The Morgan fingerprint density at radius 2 is 2.14 bits per heavy atom. The number of piperidine rings is 1. The summed E-state index contributed by atoms with van der Waals surface area (Å²) in [7, 11) is 0. The first-order valence-electron chi connectivity index (χ1n) is 7.18. The molecule has 2 rings (SSSR count). The molecule has 1 fully saturated rings. The van der Waals surface area contributed by atoms with E-state index < -0.39 is 18.2 Å². The maximum absolute atomic E-state index is 13.7. The zero-order valence-corrected chi connectivity index (χ0v) is 11.8. The number of likely N-dealkylation sites (tertiary alicyclic amines) is 1. The summed E-state index contributed by atoms with van der Waals surface area (Å²) in [6, 6.07) is 4.37. The van der Waals surface area contributed by atoms with Crippen LogP contribution in [0.4, 0.5) is 13.2 Å². The monoisotopic (exact) mass is 303 g/mol. The molecule has 1 unspecified atom stereocenters. The normalized spacial score (nSPS) is 20.0. The van der Waals surface area contributed by atoms with Gasteiger partial charge in [0.1, 0.15) is 0 Å². The fraction of sp³-hybridized carbons (Fsp3) is 0.600. The van der Waals surface area contributed by atoms with E-state index in [-0.39, 0.29) is 6.61 Å². The highest BCUT2D eigenvalue weighted by Gasteiger charge is 2.22. The van der Waals surface area contributed by atoms with Gasteiger partial charge in [-0.25, -0.2) is 4.39 Å². The second-order valence-electron chi connectivity index (χ2n) is 5.28. The van der Waals surface area contributed by atoms with Crippen molar-refractivity contribution in [3.8, 4) is 5.75 Å². The van der Waals surface area contributed by atoms with Gasteiger partial charge in [0.15, 0.2) is 11.6 Å². The largest absolute Gasteiger partial charge is 0.432 e. The van der Waals surface area contributed by atoms with Crippen molar-refractivity contribution < 1.29 is 23.0 Å². The van der Waals surface area contributed by atoms with Crippen LogP contribution in [0.5, 0.6) is 5.75 Å². The van der Waals surface area contributed by atoms with Crippen LogP contribution in [0, 0.1) is 5.82 Å². The zero-order valence-electron chi connectivity index (χ0n) is 11.8. The predicted molar refractivity (Wildman–Crippen MR) is 72.8 cm³/mol. The van der Waals surface area contributed by atoms with E-state index in [0.29, 0.717) is 19.0 Å². The van der Waals surface area contributed by atoms with E-state index in [2.05, 4.69) is 9.64 Å². The number of halogens is 3. The molecule has 1 aromatic carbocycles. The fourth-order valence-corrected chi connectivity index (χ4v) is 2.81. The third-order valence-corrected chi connectivity index (χ3v) is 3.81. The Labute approximate surface area is 122 Å². The van der Waals surface area contributed by atoms with E-state index in [9.17, 15) is 13.2 Å². The Hall–Kier alpha value is -1.27. The lowest BCUT2D eigenvalue weighted by molar-refractivity contribution is -0.0522. The van der Waals surface area contributed by atoms with Crippen LogP contribution in [0.1, 0.15) is 31.2 Å². The van der Waals surface area contributed by atoms with Crippen molar-refractivity contribution in [3.05, 3.63) is 29.6 Å². The molecule has 118 valence electrons. The van der Waals surface area contributed by atoms with Crippen molar-refractivity contribution in [2.75, 3.05) is 13.2 Å². The number of rotatable bonds is 6. The molecule has 0 radical (unpaired) electrons. The van der Waals surface area contributed by atoms with Gasteiger partial charge in [0, 0.05) is 19.2 Å². The van der Waals surface area contributed by atoms with Crippen LogP contribution in [0.2, 0.25) is 0 Å². The molecule has 1 aromatic rings. The Bertz CT molecular complexity index is 455. The summed E-state index contributed by atoms with van der Waals surface area (Å²) >= 11 is 0. The quantitative estimate of drug-likeness (QED) is 0.876. The third kappa shape index (κ3) is 4.61. The standard InChI is InChI=1S/C15H20F3NO2/c16-13-9-11(4-5-14(13)21-15(17)18)10-19-7-2-1-3-12(19)6-8-20/h4-5,9,12,15,20H,1-3,6-8,10H2. The van der Waals surface area contributed by atoms with Crippen molar-refractivity contribution >= 4 is 0 Å². The first kappa shape index (κ1) is 16.1. The Morgan fingerprint density at radius 1 is 1.33 bits per heavy atom. The van der Waals surface area contributed by atoms with E-state index in [1.165, 1.54) is 12.1 Å². The molecule has 0 spiro atoms. The van der Waals surface area contributed by atoms with Crippen LogP contribution in [-0.2, 0) is 6.54 Å². The second kappa shape index (κ2) is 7.66. The van der Waals surface area contributed by atoms with Crippen LogP contribution in [-0.4, -0.2) is 35.8 Å². The average molecular weight is 303 g/mol. The van der Waals surface area contributed by atoms with E-state index in [1.54, 1.807) is 6.07 Å².